The zero-order valence-corrected chi connectivity index (χ0v) is 8.19. The third kappa shape index (κ3) is 2.24. The molecule has 0 amide bonds. The van der Waals surface area contributed by atoms with Crippen molar-refractivity contribution in [1.29, 1.82) is 0 Å². The molecule has 1 aliphatic heterocycles. The van der Waals surface area contributed by atoms with Crippen LogP contribution in [0.3, 0.4) is 0 Å². The van der Waals surface area contributed by atoms with Crippen molar-refractivity contribution >= 4 is 16.0 Å². The molecule has 1 rings (SSSR count). The van der Waals surface area contributed by atoms with Gasteiger partial charge in [-0.1, -0.05) is 0 Å². The SMILES string of the molecule is O=C(O)C1CC(O)CN1S(=O)(=O)C(F)F. The highest BCUT2D eigenvalue weighted by molar-refractivity contribution is 7.89. The largest absolute Gasteiger partial charge is 0.480 e. The number of aliphatic hydroxyl groups is 1. The second kappa shape index (κ2) is 3.99. The Morgan fingerprint density at radius 2 is 2.00 bits per heavy atom. The number of carboxylic acid groups (broad SMARTS) is 1. The molecule has 0 radical (unpaired) electrons. The van der Waals surface area contributed by atoms with Gasteiger partial charge >= 0.3 is 11.7 Å². The molecular formula is C6H9F2NO5S. The van der Waals surface area contributed by atoms with Crippen LogP contribution in [0.4, 0.5) is 8.78 Å². The molecule has 1 aliphatic rings. The number of carbonyl (C=O) groups is 1. The van der Waals surface area contributed by atoms with Crippen LogP contribution in [0.2, 0.25) is 0 Å². The van der Waals surface area contributed by atoms with Gasteiger partial charge in [0, 0.05) is 13.0 Å². The van der Waals surface area contributed by atoms with E-state index in [4.69, 9.17) is 10.2 Å². The van der Waals surface area contributed by atoms with Crippen LogP contribution in [0.5, 0.6) is 0 Å². The lowest BCUT2D eigenvalue weighted by atomic mass is 10.2. The molecule has 0 aromatic heterocycles. The Labute approximate surface area is 84.2 Å². The highest BCUT2D eigenvalue weighted by Gasteiger charge is 2.46. The summed E-state index contributed by atoms with van der Waals surface area (Å²) in [5, 5.41) is 17.6. The van der Waals surface area contributed by atoms with Crippen molar-refractivity contribution in [3.63, 3.8) is 0 Å². The minimum Gasteiger partial charge on any atom is -0.480 e. The first kappa shape index (κ1) is 12.3. The molecule has 2 N–H and O–H groups in total. The molecule has 0 aromatic carbocycles. The van der Waals surface area contributed by atoms with Crippen molar-refractivity contribution in [2.24, 2.45) is 0 Å². The molecule has 0 saturated carbocycles. The predicted molar refractivity (Wildman–Crippen MR) is 43.7 cm³/mol. The molecule has 9 heteroatoms. The highest BCUT2D eigenvalue weighted by atomic mass is 32.2. The van der Waals surface area contributed by atoms with Gasteiger partial charge in [-0.25, -0.2) is 8.42 Å². The molecular weight excluding hydrogens is 236 g/mol. The quantitative estimate of drug-likeness (QED) is 0.669. The predicted octanol–water partition coefficient (Wildman–Crippen LogP) is -0.941. The van der Waals surface area contributed by atoms with Crippen molar-refractivity contribution < 1.29 is 32.2 Å². The van der Waals surface area contributed by atoms with Crippen LogP contribution in [0.1, 0.15) is 6.42 Å². The van der Waals surface area contributed by atoms with E-state index in [9.17, 15) is 22.0 Å². The maximum absolute atomic E-state index is 12.1. The van der Waals surface area contributed by atoms with Crippen LogP contribution in [0.25, 0.3) is 0 Å². The molecule has 6 nitrogen and oxygen atoms in total. The molecule has 2 atom stereocenters. The number of aliphatic hydroxyl groups excluding tert-OH is 1. The first-order valence-electron chi connectivity index (χ1n) is 3.96. The minimum atomic E-state index is -4.94. The lowest BCUT2D eigenvalue weighted by molar-refractivity contribution is -0.140. The van der Waals surface area contributed by atoms with E-state index in [-0.39, 0.29) is 10.7 Å². The Hall–Kier alpha value is -0.800. The van der Waals surface area contributed by atoms with E-state index in [1.54, 1.807) is 0 Å². The van der Waals surface area contributed by atoms with Crippen LogP contribution in [0, 0.1) is 0 Å². The summed E-state index contributed by atoms with van der Waals surface area (Å²) in [6, 6.07) is -1.61. The number of nitrogens with zero attached hydrogens (tertiary/aromatic N) is 1. The summed E-state index contributed by atoms with van der Waals surface area (Å²) < 4.78 is 46.4. The first-order valence-corrected chi connectivity index (χ1v) is 5.47. The molecule has 15 heavy (non-hydrogen) atoms. The molecule has 0 spiro atoms. The monoisotopic (exact) mass is 245 g/mol. The number of rotatable bonds is 3. The number of halogens is 2. The highest BCUT2D eigenvalue weighted by Crippen LogP contribution is 2.25. The fourth-order valence-electron chi connectivity index (χ4n) is 1.39. The van der Waals surface area contributed by atoms with Crippen molar-refractivity contribution in [1.82, 2.24) is 4.31 Å². The van der Waals surface area contributed by atoms with Gasteiger partial charge in [-0.15, -0.1) is 0 Å². The summed E-state index contributed by atoms with van der Waals surface area (Å²) in [5.41, 5.74) is 0. The number of sulfonamides is 1. The van der Waals surface area contributed by atoms with E-state index >= 15 is 0 Å². The second-order valence-electron chi connectivity index (χ2n) is 3.12. The number of hydrogen-bond donors (Lipinski definition) is 2. The van der Waals surface area contributed by atoms with Gasteiger partial charge in [-0.2, -0.15) is 13.1 Å². The summed E-state index contributed by atoms with van der Waals surface area (Å²) in [7, 11) is -4.94. The Balaban J connectivity index is 2.99. The second-order valence-corrected chi connectivity index (χ2v) is 4.97. The number of β-amino-alcohol motifs (C(OH)–C–C–N with tert-alkyl or cyclic N) is 1. The normalized spacial score (nSPS) is 28.5. The third-order valence-electron chi connectivity index (χ3n) is 2.07. The van der Waals surface area contributed by atoms with Gasteiger partial charge in [0.25, 0.3) is 10.0 Å². The van der Waals surface area contributed by atoms with Gasteiger partial charge in [0.2, 0.25) is 0 Å². The van der Waals surface area contributed by atoms with Crippen LogP contribution in [-0.2, 0) is 14.8 Å². The molecule has 1 heterocycles. The Bertz CT molecular complexity index is 357. The van der Waals surface area contributed by atoms with Crippen molar-refractivity contribution in [2.45, 2.75) is 24.3 Å². The van der Waals surface area contributed by atoms with Crippen molar-refractivity contribution in [2.75, 3.05) is 6.54 Å². The summed E-state index contributed by atoms with van der Waals surface area (Å²) >= 11 is 0. The summed E-state index contributed by atoms with van der Waals surface area (Å²) in [4.78, 5) is 10.6. The maximum Gasteiger partial charge on any atom is 0.350 e. The van der Waals surface area contributed by atoms with Crippen LogP contribution in [0.15, 0.2) is 0 Å². The molecule has 0 aromatic rings. The van der Waals surface area contributed by atoms with Gasteiger partial charge in [0.05, 0.1) is 6.10 Å². The summed E-state index contributed by atoms with van der Waals surface area (Å²) in [6.45, 7) is -0.607. The van der Waals surface area contributed by atoms with E-state index in [1.807, 2.05) is 0 Å². The smallest absolute Gasteiger partial charge is 0.350 e. The Kier molecular flexibility index (Phi) is 3.26. The van der Waals surface area contributed by atoms with Gasteiger partial charge in [0.1, 0.15) is 6.04 Å². The summed E-state index contributed by atoms with van der Waals surface area (Å²) in [5.74, 6) is -5.22. The molecule has 88 valence electrons. The van der Waals surface area contributed by atoms with Gasteiger partial charge in [-0.05, 0) is 0 Å². The van der Waals surface area contributed by atoms with Crippen LogP contribution < -0.4 is 0 Å². The standard InChI is InChI=1S/C6H9F2NO5S/c7-6(8)15(13,14)9-2-3(10)1-4(9)5(11)12/h3-4,6,10H,1-2H2,(H,11,12). The zero-order chi connectivity index (χ0) is 11.8. The fourth-order valence-corrected chi connectivity index (χ4v) is 2.51. The van der Waals surface area contributed by atoms with E-state index in [0.29, 0.717) is 0 Å². The van der Waals surface area contributed by atoms with E-state index in [1.165, 1.54) is 0 Å². The molecule has 2 unspecified atom stereocenters. The minimum absolute atomic E-state index is 0.130. The van der Waals surface area contributed by atoms with Crippen LogP contribution >= 0.6 is 0 Å². The number of aliphatic carboxylic acids is 1. The van der Waals surface area contributed by atoms with Crippen LogP contribution in [-0.4, -0.2) is 53.4 Å². The van der Waals surface area contributed by atoms with Crippen molar-refractivity contribution in [3.05, 3.63) is 0 Å². The molecule has 0 aliphatic carbocycles. The number of alkyl halides is 2. The first-order chi connectivity index (χ1) is 6.76. The average Bonchev–Trinajstić information content (AvgIpc) is 2.47. The Morgan fingerprint density at radius 3 is 2.40 bits per heavy atom. The molecule has 0 bridgehead atoms. The van der Waals surface area contributed by atoms with Crippen molar-refractivity contribution in [3.8, 4) is 0 Å². The average molecular weight is 245 g/mol. The van der Waals surface area contributed by atoms with Gasteiger partial charge < -0.3 is 10.2 Å². The van der Waals surface area contributed by atoms with E-state index in [2.05, 4.69) is 0 Å². The molecule has 1 saturated heterocycles. The van der Waals surface area contributed by atoms with Gasteiger partial charge in [-0.3, -0.25) is 4.79 Å². The topological polar surface area (TPSA) is 94.9 Å². The number of hydrogen-bond acceptors (Lipinski definition) is 4. The van der Waals surface area contributed by atoms with E-state index in [0.717, 1.165) is 0 Å². The third-order valence-corrected chi connectivity index (χ3v) is 3.58. The Morgan fingerprint density at radius 1 is 1.47 bits per heavy atom. The zero-order valence-electron chi connectivity index (χ0n) is 7.38. The summed E-state index contributed by atoms with van der Waals surface area (Å²) in [6.07, 6.45) is -1.60. The molecule has 1 fully saturated rings. The lowest BCUT2D eigenvalue weighted by Crippen LogP contribution is -2.43. The van der Waals surface area contributed by atoms with E-state index < -0.39 is 40.4 Å². The maximum atomic E-state index is 12.1. The lowest BCUT2D eigenvalue weighted by Gasteiger charge is -2.19. The fraction of sp³-hybridized carbons (Fsp3) is 0.833. The number of carboxylic acids is 1. The van der Waals surface area contributed by atoms with Gasteiger partial charge in [0.15, 0.2) is 0 Å².